The first-order valence-electron chi connectivity index (χ1n) is 15.3. The lowest BCUT2D eigenvalue weighted by Crippen LogP contribution is -2.48. The molecule has 246 valence electrons. The Morgan fingerprint density at radius 1 is 0.957 bits per heavy atom. The highest BCUT2D eigenvalue weighted by Crippen LogP contribution is 2.47. The Morgan fingerprint density at radius 3 is 2.32 bits per heavy atom. The molecule has 6 rings (SSSR count). The molecule has 4 heterocycles. The van der Waals surface area contributed by atoms with E-state index in [9.17, 15) is 22.8 Å². The van der Waals surface area contributed by atoms with Crippen molar-refractivity contribution < 1.29 is 27.5 Å². The van der Waals surface area contributed by atoms with Crippen LogP contribution in [-0.2, 0) is 26.7 Å². The lowest BCUT2D eigenvalue weighted by atomic mass is 9.74. The van der Waals surface area contributed by atoms with E-state index in [1.807, 2.05) is 74.0 Å². The zero-order valence-corrected chi connectivity index (χ0v) is 27.5. The van der Waals surface area contributed by atoms with E-state index in [0.29, 0.717) is 44.8 Å². The zero-order valence-electron chi connectivity index (χ0n) is 26.7. The smallest absolute Gasteiger partial charge is 0.414 e. The van der Waals surface area contributed by atoms with Gasteiger partial charge in [-0.1, -0.05) is 48.5 Å². The van der Waals surface area contributed by atoms with Crippen LogP contribution < -0.4 is 14.9 Å². The number of fused-ring (bicyclic) bond motifs is 3. The Kier molecular flexibility index (Phi) is 8.16. The molecule has 0 atom stereocenters. The molecule has 4 aromatic rings. The zero-order chi connectivity index (χ0) is 33.6. The van der Waals surface area contributed by atoms with Crippen molar-refractivity contribution in [2.24, 2.45) is 0 Å². The SMILES string of the molecule is CC(C)(C)OC(=O)N1CC2(CCN(C(=O)c3cnc4c(C(=O)NS(C)(=O)=O)cnn4c3NCc3ccccc3)CC2)c2ccccc21. The molecule has 0 radical (unpaired) electrons. The molecule has 2 aromatic carbocycles. The Morgan fingerprint density at radius 2 is 1.64 bits per heavy atom. The second-order valence-electron chi connectivity index (χ2n) is 13.0. The normalized spacial score (nSPS) is 15.8. The summed E-state index contributed by atoms with van der Waals surface area (Å²) in [6.45, 7) is 7.22. The maximum absolute atomic E-state index is 14.1. The molecule has 47 heavy (non-hydrogen) atoms. The van der Waals surface area contributed by atoms with Crippen LogP contribution in [0.25, 0.3) is 5.65 Å². The largest absolute Gasteiger partial charge is 0.443 e. The molecular weight excluding hydrogens is 622 g/mol. The van der Waals surface area contributed by atoms with Crippen molar-refractivity contribution in [2.75, 3.05) is 36.1 Å². The summed E-state index contributed by atoms with van der Waals surface area (Å²) < 4.78 is 32.4. The van der Waals surface area contributed by atoms with Crippen molar-refractivity contribution in [3.63, 3.8) is 0 Å². The van der Waals surface area contributed by atoms with E-state index in [0.717, 1.165) is 23.1 Å². The molecule has 0 bridgehead atoms. The number of nitrogens with zero attached hydrogens (tertiary/aromatic N) is 5. The summed E-state index contributed by atoms with van der Waals surface area (Å²) in [5, 5.41) is 7.62. The van der Waals surface area contributed by atoms with Crippen LogP contribution >= 0.6 is 0 Å². The average molecular weight is 660 g/mol. The number of amides is 3. The fourth-order valence-corrected chi connectivity index (χ4v) is 6.72. The minimum atomic E-state index is -3.82. The van der Waals surface area contributed by atoms with Gasteiger partial charge in [0.15, 0.2) is 5.65 Å². The fraction of sp³-hybridized carbons (Fsp3) is 0.364. The molecule has 1 saturated heterocycles. The maximum atomic E-state index is 14.1. The van der Waals surface area contributed by atoms with Crippen LogP contribution in [0.3, 0.4) is 0 Å². The van der Waals surface area contributed by atoms with Crippen molar-refractivity contribution in [1.29, 1.82) is 0 Å². The van der Waals surface area contributed by atoms with E-state index in [1.165, 1.54) is 16.9 Å². The van der Waals surface area contributed by atoms with Gasteiger partial charge in [0, 0.05) is 37.8 Å². The van der Waals surface area contributed by atoms with Gasteiger partial charge in [-0.05, 0) is 50.8 Å². The molecule has 2 N–H and O–H groups in total. The number of sulfonamides is 1. The van der Waals surface area contributed by atoms with Gasteiger partial charge in [0.25, 0.3) is 11.8 Å². The number of hydrogen-bond donors (Lipinski definition) is 2. The highest BCUT2D eigenvalue weighted by molar-refractivity contribution is 7.89. The monoisotopic (exact) mass is 659 g/mol. The summed E-state index contributed by atoms with van der Waals surface area (Å²) in [5.74, 6) is -0.815. The summed E-state index contributed by atoms with van der Waals surface area (Å²) in [4.78, 5) is 47.9. The van der Waals surface area contributed by atoms with Crippen LogP contribution in [0.2, 0.25) is 0 Å². The lowest BCUT2D eigenvalue weighted by molar-refractivity contribution is 0.0557. The van der Waals surface area contributed by atoms with Gasteiger partial charge < -0.3 is 15.0 Å². The number of ether oxygens (including phenoxy) is 1. The lowest BCUT2D eigenvalue weighted by Gasteiger charge is -2.40. The first-order valence-corrected chi connectivity index (χ1v) is 17.2. The van der Waals surface area contributed by atoms with E-state index in [-0.39, 0.29) is 28.1 Å². The van der Waals surface area contributed by atoms with Gasteiger partial charge in [-0.3, -0.25) is 14.5 Å². The maximum Gasteiger partial charge on any atom is 0.414 e. The summed E-state index contributed by atoms with van der Waals surface area (Å²) >= 11 is 0. The van der Waals surface area contributed by atoms with Crippen LogP contribution in [0.4, 0.5) is 16.3 Å². The first-order chi connectivity index (χ1) is 22.2. The number of para-hydroxylation sites is 1. The van der Waals surface area contributed by atoms with E-state index in [1.54, 1.807) is 9.80 Å². The van der Waals surface area contributed by atoms with Gasteiger partial charge in [0.05, 0.1) is 18.1 Å². The first kappa shape index (κ1) is 32.0. The number of anilines is 2. The molecule has 0 saturated carbocycles. The standard InChI is InChI=1S/C33H37N7O6S/c1-32(2,3)46-31(43)39-21-33(25-12-8-9-13-26(25)39)14-16-38(17-15-33)30(42)24-19-35-27-23(29(41)37-47(4,44)45)20-36-40(27)28(24)34-18-22-10-6-5-7-11-22/h5-13,19-20,34H,14-18,21H2,1-4H3,(H,37,41). The van der Waals surface area contributed by atoms with Crippen molar-refractivity contribution in [2.45, 2.75) is 51.2 Å². The number of likely N-dealkylation sites (tertiary alicyclic amines) is 1. The molecule has 3 amide bonds. The molecule has 2 aromatic heterocycles. The Hall–Kier alpha value is -4.98. The van der Waals surface area contributed by atoms with E-state index in [4.69, 9.17) is 4.74 Å². The Balaban J connectivity index is 1.27. The van der Waals surface area contributed by atoms with E-state index in [2.05, 4.69) is 21.5 Å². The summed E-state index contributed by atoms with van der Waals surface area (Å²) in [7, 11) is -3.82. The van der Waals surface area contributed by atoms with Crippen molar-refractivity contribution in [1.82, 2.24) is 24.2 Å². The van der Waals surface area contributed by atoms with Crippen LogP contribution in [0, 0.1) is 0 Å². The van der Waals surface area contributed by atoms with Gasteiger partial charge >= 0.3 is 6.09 Å². The number of carbonyl (C=O) groups excluding carboxylic acids is 3. The number of rotatable bonds is 6. The van der Waals surface area contributed by atoms with Gasteiger partial charge in [0.1, 0.15) is 22.5 Å². The molecule has 14 heteroatoms. The minimum Gasteiger partial charge on any atom is -0.443 e. The van der Waals surface area contributed by atoms with Crippen LogP contribution in [-0.4, -0.2) is 77.3 Å². The number of nitrogens with one attached hydrogen (secondary N) is 2. The van der Waals surface area contributed by atoms with E-state index < -0.39 is 27.6 Å². The van der Waals surface area contributed by atoms with Gasteiger partial charge in [-0.2, -0.15) is 9.61 Å². The third-order valence-corrected chi connectivity index (χ3v) is 8.99. The quantitative estimate of drug-likeness (QED) is 0.313. The highest BCUT2D eigenvalue weighted by atomic mass is 32.2. The number of carbonyl (C=O) groups is 3. The summed E-state index contributed by atoms with van der Waals surface area (Å²) in [5.41, 5.74) is 2.20. The second-order valence-corrected chi connectivity index (χ2v) is 14.8. The third kappa shape index (κ3) is 6.50. The molecule has 0 unspecified atom stereocenters. The van der Waals surface area contributed by atoms with Gasteiger partial charge in [-0.25, -0.2) is 22.9 Å². The Labute approximate surface area is 273 Å². The predicted molar refractivity (Wildman–Crippen MR) is 176 cm³/mol. The molecule has 2 aliphatic heterocycles. The van der Waals surface area contributed by atoms with Gasteiger partial charge in [0.2, 0.25) is 10.0 Å². The third-order valence-electron chi connectivity index (χ3n) is 8.43. The molecule has 1 spiro atoms. The molecule has 13 nitrogen and oxygen atoms in total. The molecule has 0 aliphatic carbocycles. The fourth-order valence-electron chi connectivity index (χ4n) is 6.27. The predicted octanol–water partition coefficient (Wildman–Crippen LogP) is 3.96. The summed E-state index contributed by atoms with van der Waals surface area (Å²) in [6, 6.07) is 17.5. The topological polar surface area (TPSA) is 155 Å². The molecular formula is C33H37N7O6S. The molecule has 2 aliphatic rings. The average Bonchev–Trinajstić information content (AvgIpc) is 3.59. The van der Waals surface area contributed by atoms with Crippen LogP contribution in [0.5, 0.6) is 0 Å². The number of aromatic nitrogens is 3. The summed E-state index contributed by atoms with van der Waals surface area (Å²) in [6.07, 6.45) is 4.38. The minimum absolute atomic E-state index is 0.0495. The number of hydrogen-bond acceptors (Lipinski definition) is 9. The second kappa shape index (κ2) is 12.0. The van der Waals surface area contributed by atoms with Gasteiger partial charge in [-0.15, -0.1) is 0 Å². The Bertz CT molecular complexity index is 1960. The van der Waals surface area contributed by atoms with Crippen molar-refractivity contribution in [3.8, 4) is 0 Å². The van der Waals surface area contributed by atoms with E-state index >= 15 is 0 Å². The van der Waals surface area contributed by atoms with Crippen LogP contribution in [0.15, 0.2) is 67.0 Å². The number of benzene rings is 2. The number of piperidine rings is 1. The van der Waals surface area contributed by atoms with Crippen molar-refractivity contribution in [3.05, 3.63) is 89.2 Å². The molecule has 1 fully saturated rings. The highest BCUT2D eigenvalue weighted by Gasteiger charge is 2.48. The van der Waals surface area contributed by atoms with Crippen LogP contribution in [0.1, 0.15) is 65.5 Å². The van der Waals surface area contributed by atoms with Crippen molar-refractivity contribution >= 4 is 45.1 Å².